The zero-order valence-electron chi connectivity index (χ0n) is 14.8. The van der Waals surface area contributed by atoms with Crippen LogP contribution in [0.25, 0.3) is 0 Å². The Labute approximate surface area is 152 Å². The summed E-state index contributed by atoms with van der Waals surface area (Å²) in [6.45, 7) is 0. The van der Waals surface area contributed by atoms with E-state index < -0.39 is 0 Å². The second-order valence-corrected chi connectivity index (χ2v) is 8.02. The van der Waals surface area contributed by atoms with Gasteiger partial charge in [-0.15, -0.1) is 10.2 Å². The summed E-state index contributed by atoms with van der Waals surface area (Å²) in [5, 5.41) is 9.39. The van der Waals surface area contributed by atoms with E-state index in [9.17, 15) is 4.79 Å². The lowest BCUT2D eigenvalue weighted by molar-refractivity contribution is -0.129. The maximum Gasteiger partial charge on any atom is 0.233 e. The zero-order valence-corrected chi connectivity index (χ0v) is 15.6. The maximum atomic E-state index is 12.7. The van der Waals surface area contributed by atoms with E-state index in [1.54, 1.807) is 0 Å². The van der Waals surface area contributed by atoms with Crippen LogP contribution in [0.1, 0.15) is 54.6 Å². The first-order chi connectivity index (χ1) is 12.1. The van der Waals surface area contributed by atoms with Crippen LogP contribution in [0, 0.1) is 0 Å². The van der Waals surface area contributed by atoms with Crippen LogP contribution in [0.15, 0.2) is 29.4 Å². The van der Waals surface area contributed by atoms with E-state index in [0.717, 1.165) is 30.2 Å². The topological polar surface area (TPSA) is 51.0 Å². The summed E-state index contributed by atoms with van der Waals surface area (Å²) >= 11 is 1.49. The van der Waals surface area contributed by atoms with Crippen molar-refractivity contribution in [1.82, 2.24) is 19.7 Å². The molecule has 2 aromatic rings. The highest BCUT2D eigenvalue weighted by molar-refractivity contribution is 7.99. The molecular weight excluding hydrogens is 332 g/mol. The molecule has 0 saturated heterocycles. The molecule has 0 unspecified atom stereocenters. The number of amides is 1. The van der Waals surface area contributed by atoms with Crippen LogP contribution in [0.4, 0.5) is 0 Å². The number of thioether (sulfide) groups is 1. The first kappa shape index (κ1) is 16.6. The first-order valence-electron chi connectivity index (χ1n) is 9.00. The summed E-state index contributed by atoms with van der Waals surface area (Å²) in [6, 6.07) is 8.71. The fraction of sp³-hybridized carbons (Fsp3) is 0.526. The molecule has 0 bridgehead atoms. The fourth-order valence-electron chi connectivity index (χ4n) is 3.68. The highest BCUT2D eigenvalue weighted by atomic mass is 32.2. The number of rotatable bonds is 5. The highest BCUT2D eigenvalue weighted by Gasteiger charge is 2.30. The Morgan fingerprint density at radius 2 is 2.08 bits per heavy atom. The standard InChI is InChI=1S/C19H24N4OS/c1-22(16-9-5-7-13-6-3-4-8-15(13)16)17(24)12-25-19-21-20-18(23(19)2)14-10-11-14/h3-4,6,8,14,16H,5,7,9-12H2,1-2H3/t16-/m1/s1. The van der Waals surface area contributed by atoms with Gasteiger partial charge in [-0.3, -0.25) is 4.79 Å². The molecule has 132 valence electrons. The average Bonchev–Trinajstić information content (AvgIpc) is 3.42. The Hall–Kier alpha value is -1.82. The second-order valence-electron chi connectivity index (χ2n) is 7.07. The van der Waals surface area contributed by atoms with Gasteiger partial charge in [0.2, 0.25) is 5.91 Å². The summed E-state index contributed by atoms with van der Waals surface area (Å²) in [4.78, 5) is 14.7. The molecule has 0 N–H and O–H groups in total. The number of aryl methyl sites for hydroxylation is 1. The molecule has 4 rings (SSSR count). The van der Waals surface area contributed by atoms with Gasteiger partial charge in [0.25, 0.3) is 0 Å². The average molecular weight is 356 g/mol. The van der Waals surface area contributed by atoms with Crippen LogP contribution in [-0.2, 0) is 18.3 Å². The Morgan fingerprint density at radius 3 is 2.88 bits per heavy atom. The summed E-state index contributed by atoms with van der Waals surface area (Å²) < 4.78 is 2.05. The third-order valence-corrected chi connectivity index (χ3v) is 6.34. The molecule has 5 nitrogen and oxygen atoms in total. The predicted octanol–water partition coefficient (Wildman–Crippen LogP) is 3.32. The Morgan fingerprint density at radius 1 is 1.28 bits per heavy atom. The lowest BCUT2D eigenvalue weighted by atomic mass is 9.87. The number of nitrogens with zero attached hydrogens (tertiary/aromatic N) is 4. The maximum absolute atomic E-state index is 12.7. The number of aromatic nitrogens is 3. The van der Waals surface area contributed by atoms with Crippen molar-refractivity contribution in [3.63, 3.8) is 0 Å². The van der Waals surface area contributed by atoms with Gasteiger partial charge in [-0.25, -0.2) is 0 Å². The van der Waals surface area contributed by atoms with Crippen LogP contribution in [0.2, 0.25) is 0 Å². The molecule has 1 fully saturated rings. The van der Waals surface area contributed by atoms with E-state index in [1.165, 1.54) is 35.7 Å². The van der Waals surface area contributed by atoms with Crippen molar-refractivity contribution < 1.29 is 4.79 Å². The molecule has 1 aromatic heterocycles. The summed E-state index contributed by atoms with van der Waals surface area (Å²) in [6.07, 6.45) is 5.71. The van der Waals surface area contributed by atoms with Crippen molar-refractivity contribution >= 4 is 17.7 Å². The van der Waals surface area contributed by atoms with E-state index in [-0.39, 0.29) is 11.9 Å². The van der Waals surface area contributed by atoms with Crippen LogP contribution < -0.4 is 0 Å². The van der Waals surface area contributed by atoms with Crippen molar-refractivity contribution in [3.8, 4) is 0 Å². The molecule has 25 heavy (non-hydrogen) atoms. The molecule has 1 heterocycles. The van der Waals surface area contributed by atoms with Gasteiger partial charge >= 0.3 is 0 Å². The van der Waals surface area contributed by atoms with Gasteiger partial charge in [0.05, 0.1) is 11.8 Å². The van der Waals surface area contributed by atoms with Crippen molar-refractivity contribution in [3.05, 3.63) is 41.2 Å². The fourth-order valence-corrected chi connectivity index (χ4v) is 4.52. The minimum absolute atomic E-state index is 0.155. The van der Waals surface area contributed by atoms with Crippen LogP contribution in [0.5, 0.6) is 0 Å². The van der Waals surface area contributed by atoms with Crippen LogP contribution >= 0.6 is 11.8 Å². The van der Waals surface area contributed by atoms with Gasteiger partial charge in [0, 0.05) is 20.0 Å². The van der Waals surface area contributed by atoms with E-state index >= 15 is 0 Å². The second kappa shape index (κ2) is 6.83. The van der Waals surface area contributed by atoms with Gasteiger partial charge in [-0.1, -0.05) is 36.0 Å². The van der Waals surface area contributed by atoms with Crippen LogP contribution in [0.3, 0.4) is 0 Å². The van der Waals surface area contributed by atoms with Crippen molar-refractivity contribution in [2.75, 3.05) is 12.8 Å². The van der Waals surface area contributed by atoms with E-state index in [4.69, 9.17) is 0 Å². The Kier molecular flexibility index (Phi) is 4.54. The Balaban J connectivity index is 1.41. The van der Waals surface area contributed by atoms with Crippen LogP contribution in [-0.4, -0.2) is 38.4 Å². The zero-order chi connectivity index (χ0) is 17.4. The van der Waals surface area contributed by atoms with Gasteiger partial charge in [0.1, 0.15) is 5.82 Å². The third-order valence-electron chi connectivity index (χ3n) is 5.33. The summed E-state index contributed by atoms with van der Waals surface area (Å²) in [5.74, 6) is 2.20. The minimum Gasteiger partial charge on any atom is -0.338 e. The molecule has 0 radical (unpaired) electrons. The minimum atomic E-state index is 0.155. The predicted molar refractivity (Wildman–Crippen MR) is 98.6 cm³/mol. The molecule has 2 aliphatic rings. The molecule has 1 atom stereocenters. The monoisotopic (exact) mass is 356 g/mol. The SMILES string of the molecule is CN(C(=O)CSc1nnc(C2CC2)n1C)[C@@H]1CCCc2ccccc21. The lowest BCUT2D eigenvalue weighted by Gasteiger charge is -2.33. The Bertz CT molecular complexity index is 783. The molecule has 0 aliphatic heterocycles. The van der Waals surface area contributed by atoms with E-state index in [0.29, 0.717) is 11.7 Å². The number of hydrogen-bond acceptors (Lipinski definition) is 4. The van der Waals surface area contributed by atoms with Gasteiger partial charge in [0.15, 0.2) is 5.16 Å². The normalized spacial score (nSPS) is 19.5. The third kappa shape index (κ3) is 3.32. The number of carbonyl (C=O) groups excluding carboxylic acids is 1. The van der Waals surface area contributed by atoms with E-state index in [2.05, 4.69) is 34.5 Å². The molecule has 0 spiro atoms. The summed E-state index contributed by atoms with van der Waals surface area (Å²) in [5.41, 5.74) is 2.69. The van der Waals surface area contributed by atoms with Crippen molar-refractivity contribution in [2.24, 2.45) is 7.05 Å². The molecule has 2 aliphatic carbocycles. The summed E-state index contributed by atoms with van der Waals surface area (Å²) in [7, 11) is 3.93. The molecular formula is C19H24N4OS. The largest absolute Gasteiger partial charge is 0.338 e. The number of fused-ring (bicyclic) bond motifs is 1. The van der Waals surface area contributed by atoms with Crippen molar-refractivity contribution in [2.45, 2.75) is 49.2 Å². The number of carbonyl (C=O) groups is 1. The molecule has 1 saturated carbocycles. The molecule has 1 aromatic carbocycles. The highest BCUT2D eigenvalue weighted by Crippen LogP contribution is 2.39. The van der Waals surface area contributed by atoms with Gasteiger partial charge in [-0.05, 0) is 43.2 Å². The van der Waals surface area contributed by atoms with Crippen molar-refractivity contribution in [1.29, 1.82) is 0 Å². The van der Waals surface area contributed by atoms with Gasteiger partial charge in [-0.2, -0.15) is 0 Å². The first-order valence-corrected chi connectivity index (χ1v) is 9.99. The smallest absolute Gasteiger partial charge is 0.233 e. The number of hydrogen-bond donors (Lipinski definition) is 0. The van der Waals surface area contributed by atoms with Gasteiger partial charge < -0.3 is 9.47 Å². The molecule has 6 heteroatoms. The quantitative estimate of drug-likeness (QED) is 0.771. The molecule has 1 amide bonds. The van der Waals surface area contributed by atoms with E-state index in [1.807, 2.05) is 23.6 Å². The lowest BCUT2D eigenvalue weighted by Crippen LogP contribution is -2.34. The number of benzene rings is 1.